The van der Waals surface area contributed by atoms with Gasteiger partial charge in [0.15, 0.2) is 11.4 Å². The molecule has 4 N–H and O–H groups in total. The van der Waals surface area contributed by atoms with Gasteiger partial charge in [-0.3, -0.25) is 4.98 Å². The first-order valence-electron chi connectivity index (χ1n) is 9.48. The molecule has 2 aromatic heterocycles. The summed E-state index contributed by atoms with van der Waals surface area (Å²) in [5.74, 6) is -2.39. The molecule has 0 amide bonds. The highest BCUT2D eigenvalue weighted by atomic mass is 35.5. The van der Waals surface area contributed by atoms with E-state index in [1.54, 1.807) is 18.2 Å². The fourth-order valence-electron chi connectivity index (χ4n) is 2.86. The third-order valence-corrected chi connectivity index (χ3v) is 4.42. The van der Waals surface area contributed by atoms with Crippen LogP contribution in [-0.4, -0.2) is 32.2 Å². The first-order valence-corrected chi connectivity index (χ1v) is 9.86. The lowest BCUT2D eigenvalue weighted by Gasteiger charge is -2.11. The molecule has 13 heteroatoms. The summed E-state index contributed by atoms with van der Waals surface area (Å²) in [4.78, 5) is 31.5. The van der Waals surface area contributed by atoms with E-state index in [0.717, 1.165) is 16.8 Å². The van der Waals surface area contributed by atoms with Crippen LogP contribution in [0.1, 0.15) is 11.1 Å². The summed E-state index contributed by atoms with van der Waals surface area (Å²) in [6.07, 6.45) is -3.56. The first-order chi connectivity index (χ1) is 15.9. The Morgan fingerprint density at radius 3 is 2.35 bits per heavy atom. The Bertz CT molecular complexity index is 1380. The molecule has 34 heavy (non-hydrogen) atoms. The Balaban J connectivity index is 0.000000406. The van der Waals surface area contributed by atoms with Crippen molar-refractivity contribution in [2.75, 3.05) is 10.6 Å². The van der Waals surface area contributed by atoms with Gasteiger partial charge in [0.2, 0.25) is 5.95 Å². The predicted molar refractivity (Wildman–Crippen MR) is 120 cm³/mol. The zero-order valence-electron chi connectivity index (χ0n) is 17.6. The number of rotatable bonds is 4. The Kier molecular flexibility index (Phi) is 7.11. The van der Waals surface area contributed by atoms with Crippen molar-refractivity contribution in [1.29, 1.82) is 0 Å². The Labute approximate surface area is 194 Å². The van der Waals surface area contributed by atoms with E-state index in [0.29, 0.717) is 33.6 Å². The molecule has 0 aliphatic heterocycles. The number of H-pyrrole nitrogens is 1. The number of hydrogen-bond donors (Lipinski definition) is 4. The molecule has 2 aromatic carbocycles. The number of aryl methyl sites for hydroxylation is 2. The van der Waals surface area contributed by atoms with Crippen molar-refractivity contribution in [3.05, 3.63) is 69.3 Å². The number of aromatic nitrogens is 3. The first kappa shape index (κ1) is 24.6. The van der Waals surface area contributed by atoms with E-state index >= 15 is 0 Å². The second-order valence-corrected chi connectivity index (χ2v) is 7.45. The second-order valence-electron chi connectivity index (χ2n) is 7.04. The summed E-state index contributed by atoms with van der Waals surface area (Å²) in [6.45, 7) is 4.06. The molecule has 0 unspecified atom stereocenters. The molecule has 2 heterocycles. The quantitative estimate of drug-likeness (QED) is 0.299. The monoisotopic (exact) mass is 495 g/mol. The number of anilines is 4. The molecule has 0 fully saturated rings. The average molecular weight is 496 g/mol. The van der Waals surface area contributed by atoms with Crippen LogP contribution in [0.2, 0.25) is 5.02 Å². The highest BCUT2D eigenvalue weighted by Gasteiger charge is 2.38. The van der Waals surface area contributed by atoms with E-state index < -0.39 is 17.9 Å². The number of carbonyl (C=O) groups is 1. The SMILES string of the molecule is Cc1cc(C)cc(Nc2ncc(Cl)c(Nc3ccc4oc(=O)[nH]c4c3)n2)c1.O=C(O)C(F)(F)F. The molecule has 178 valence electrons. The highest BCUT2D eigenvalue weighted by Crippen LogP contribution is 2.26. The smallest absolute Gasteiger partial charge is 0.475 e. The van der Waals surface area contributed by atoms with Gasteiger partial charge in [-0.1, -0.05) is 17.7 Å². The van der Waals surface area contributed by atoms with E-state index in [2.05, 4.69) is 31.7 Å². The summed E-state index contributed by atoms with van der Waals surface area (Å²) >= 11 is 6.23. The van der Waals surface area contributed by atoms with Crippen LogP contribution in [0.25, 0.3) is 11.1 Å². The number of halogens is 4. The maximum atomic E-state index is 11.3. The van der Waals surface area contributed by atoms with Gasteiger partial charge < -0.3 is 20.2 Å². The number of nitrogens with one attached hydrogen (secondary N) is 3. The van der Waals surface area contributed by atoms with Gasteiger partial charge in [0.05, 0.1) is 11.7 Å². The highest BCUT2D eigenvalue weighted by molar-refractivity contribution is 6.32. The Morgan fingerprint density at radius 2 is 1.74 bits per heavy atom. The molecule has 0 bridgehead atoms. The molecule has 0 aliphatic rings. The fourth-order valence-corrected chi connectivity index (χ4v) is 3.00. The van der Waals surface area contributed by atoms with Crippen molar-refractivity contribution in [2.24, 2.45) is 0 Å². The van der Waals surface area contributed by atoms with Crippen molar-refractivity contribution >= 4 is 51.8 Å². The number of fused-ring (bicyclic) bond motifs is 1. The molecule has 0 spiro atoms. The van der Waals surface area contributed by atoms with Crippen LogP contribution >= 0.6 is 11.6 Å². The number of aromatic amines is 1. The van der Waals surface area contributed by atoms with Crippen LogP contribution in [0, 0.1) is 13.8 Å². The molecule has 4 aromatic rings. The van der Waals surface area contributed by atoms with Gasteiger partial charge in [-0.25, -0.2) is 14.6 Å². The van der Waals surface area contributed by atoms with Crippen LogP contribution in [0.15, 0.2) is 51.8 Å². The maximum absolute atomic E-state index is 11.3. The van der Waals surface area contributed by atoms with Crippen LogP contribution in [0.4, 0.5) is 36.3 Å². The lowest BCUT2D eigenvalue weighted by Crippen LogP contribution is -2.21. The minimum absolute atomic E-state index is 0.377. The summed E-state index contributed by atoms with van der Waals surface area (Å²) in [5.41, 5.74) is 4.97. The van der Waals surface area contributed by atoms with Gasteiger partial charge in [0, 0.05) is 11.4 Å². The lowest BCUT2D eigenvalue weighted by atomic mass is 10.1. The number of oxazole rings is 1. The van der Waals surface area contributed by atoms with Crippen molar-refractivity contribution in [1.82, 2.24) is 15.0 Å². The third kappa shape index (κ3) is 6.48. The molecule has 0 radical (unpaired) electrons. The molecular weight excluding hydrogens is 479 g/mol. The predicted octanol–water partition coefficient (Wildman–Crippen LogP) is 5.30. The van der Waals surface area contributed by atoms with Gasteiger partial charge >= 0.3 is 17.9 Å². The largest absolute Gasteiger partial charge is 0.490 e. The molecule has 9 nitrogen and oxygen atoms in total. The summed E-state index contributed by atoms with van der Waals surface area (Å²) < 4.78 is 36.7. The average Bonchev–Trinajstić information content (AvgIpc) is 3.09. The Morgan fingerprint density at radius 1 is 1.09 bits per heavy atom. The number of nitrogens with zero attached hydrogens (tertiary/aromatic N) is 2. The zero-order chi connectivity index (χ0) is 25.0. The van der Waals surface area contributed by atoms with Crippen LogP contribution in [0.3, 0.4) is 0 Å². The Hall–Kier alpha value is -4.06. The number of hydrogen-bond acceptors (Lipinski definition) is 7. The van der Waals surface area contributed by atoms with Crippen molar-refractivity contribution in [2.45, 2.75) is 20.0 Å². The van der Waals surface area contributed by atoms with Crippen molar-refractivity contribution < 1.29 is 27.5 Å². The van der Waals surface area contributed by atoms with E-state index in [1.807, 2.05) is 26.0 Å². The van der Waals surface area contributed by atoms with Crippen LogP contribution in [-0.2, 0) is 4.79 Å². The summed E-state index contributed by atoms with van der Waals surface area (Å²) in [6, 6.07) is 11.3. The van der Waals surface area contributed by atoms with Gasteiger partial charge in [-0.05, 0) is 55.3 Å². The minimum Gasteiger partial charge on any atom is -0.475 e. The van der Waals surface area contributed by atoms with E-state index in [4.69, 9.17) is 25.9 Å². The molecule has 0 saturated carbocycles. The lowest BCUT2D eigenvalue weighted by molar-refractivity contribution is -0.192. The number of carboxylic acids is 1. The van der Waals surface area contributed by atoms with E-state index in [9.17, 15) is 18.0 Å². The topological polar surface area (TPSA) is 133 Å². The van der Waals surface area contributed by atoms with Gasteiger partial charge in [-0.15, -0.1) is 0 Å². The molecule has 0 saturated heterocycles. The standard InChI is InChI=1S/C19H16ClN5O2.C2HF3O2/c1-10-5-11(2)7-13(6-10)23-18-21-9-14(20)17(25-18)22-12-3-4-16-15(8-12)24-19(26)27-16;3-2(4,5)1(6)7/h3-9H,1-2H3,(H,24,26)(H2,21,22,23,25);(H,6,7). The van der Waals surface area contributed by atoms with E-state index in [1.165, 1.54) is 6.20 Å². The third-order valence-electron chi connectivity index (χ3n) is 4.15. The molecule has 0 aliphatic carbocycles. The van der Waals surface area contributed by atoms with Crippen molar-refractivity contribution in [3.63, 3.8) is 0 Å². The van der Waals surface area contributed by atoms with Crippen molar-refractivity contribution in [3.8, 4) is 0 Å². The van der Waals surface area contributed by atoms with Crippen LogP contribution < -0.4 is 16.4 Å². The van der Waals surface area contributed by atoms with Gasteiger partial charge in [0.25, 0.3) is 0 Å². The number of benzene rings is 2. The fraction of sp³-hybridized carbons (Fsp3) is 0.143. The second kappa shape index (κ2) is 9.83. The van der Waals surface area contributed by atoms with Crippen LogP contribution in [0.5, 0.6) is 0 Å². The number of alkyl halides is 3. The number of carboxylic acid groups (broad SMARTS) is 1. The molecular formula is C21H17ClF3N5O4. The number of aliphatic carboxylic acids is 1. The maximum Gasteiger partial charge on any atom is 0.490 e. The van der Waals surface area contributed by atoms with E-state index in [-0.39, 0.29) is 0 Å². The normalized spacial score (nSPS) is 11.0. The molecule has 4 rings (SSSR count). The van der Waals surface area contributed by atoms with Gasteiger partial charge in [0.1, 0.15) is 5.02 Å². The summed E-state index contributed by atoms with van der Waals surface area (Å²) in [7, 11) is 0. The minimum atomic E-state index is -5.08. The molecule has 0 atom stereocenters. The summed E-state index contributed by atoms with van der Waals surface area (Å²) in [5, 5.41) is 13.8. The zero-order valence-corrected chi connectivity index (χ0v) is 18.4. The van der Waals surface area contributed by atoms with Gasteiger partial charge in [-0.2, -0.15) is 18.2 Å².